The van der Waals surface area contributed by atoms with E-state index in [1.54, 1.807) is 0 Å². The summed E-state index contributed by atoms with van der Waals surface area (Å²) in [6.45, 7) is 5.64. The van der Waals surface area contributed by atoms with Crippen molar-refractivity contribution in [2.24, 2.45) is 0 Å². The van der Waals surface area contributed by atoms with Crippen LogP contribution in [0.15, 0.2) is 24.3 Å². The van der Waals surface area contributed by atoms with Gasteiger partial charge in [0.2, 0.25) is 0 Å². The monoisotopic (exact) mass is 200 g/mol. The zero-order valence-corrected chi connectivity index (χ0v) is 11.5. The van der Waals surface area contributed by atoms with E-state index in [1.165, 1.54) is 5.56 Å². The van der Waals surface area contributed by atoms with Crippen LogP contribution in [0.1, 0.15) is 29.3 Å². The predicted molar refractivity (Wildman–Crippen MR) is 50.1 cm³/mol. The molecule has 1 nitrogen and oxygen atoms in total. The summed E-state index contributed by atoms with van der Waals surface area (Å²) in [7, 11) is 0. The standard InChI is InChI=1S/C11H13O.K/c1-3-9-5-7-10(8-6-9)11(12)4-2;/h5-8H,1,3-4H2,2H3;/q-1;+1. The van der Waals surface area contributed by atoms with Crippen LogP contribution < -0.4 is 51.4 Å². The molecule has 1 aromatic carbocycles. The second-order valence-electron chi connectivity index (χ2n) is 2.72. The first-order chi connectivity index (χ1) is 5.77. The van der Waals surface area contributed by atoms with Crippen molar-refractivity contribution >= 4 is 5.78 Å². The molecule has 0 saturated carbocycles. The van der Waals surface area contributed by atoms with Crippen LogP contribution in [0.2, 0.25) is 0 Å². The summed E-state index contributed by atoms with van der Waals surface area (Å²) >= 11 is 0. The van der Waals surface area contributed by atoms with Crippen molar-refractivity contribution in [1.29, 1.82) is 0 Å². The average molecular weight is 200 g/mol. The molecule has 0 spiro atoms. The van der Waals surface area contributed by atoms with E-state index in [0.717, 1.165) is 12.0 Å². The van der Waals surface area contributed by atoms with E-state index in [0.29, 0.717) is 6.42 Å². The van der Waals surface area contributed by atoms with Crippen LogP contribution in [0.5, 0.6) is 0 Å². The van der Waals surface area contributed by atoms with E-state index in [1.807, 2.05) is 31.2 Å². The molecule has 64 valence electrons. The number of hydrogen-bond acceptors (Lipinski definition) is 1. The maximum absolute atomic E-state index is 11.2. The van der Waals surface area contributed by atoms with Crippen molar-refractivity contribution < 1.29 is 56.2 Å². The Balaban J connectivity index is 0.00000144. The first-order valence-electron chi connectivity index (χ1n) is 4.19. The Kier molecular flexibility index (Phi) is 7.18. The molecule has 0 aliphatic carbocycles. The fourth-order valence-corrected chi connectivity index (χ4v) is 1.06. The Morgan fingerprint density at radius 1 is 1.31 bits per heavy atom. The van der Waals surface area contributed by atoms with Crippen LogP contribution in [0.3, 0.4) is 0 Å². The summed E-state index contributed by atoms with van der Waals surface area (Å²) in [5.74, 6) is 0.200. The third-order valence-corrected chi connectivity index (χ3v) is 1.89. The Labute approximate surface area is 122 Å². The molecule has 13 heavy (non-hydrogen) atoms. The number of rotatable bonds is 3. The molecular weight excluding hydrogens is 187 g/mol. The topological polar surface area (TPSA) is 17.1 Å². The molecule has 1 rings (SSSR count). The number of benzene rings is 1. The van der Waals surface area contributed by atoms with Crippen molar-refractivity contribution in [1.82, 2.24) is 0 Å². The largest absolute Gasteiger partial charge is 1.00 e. The van der Waals surface area contributed by atoms with E-state index in [2.05, 4.69) is 6.92 Å². The molecule has 0 heterocycles. The maximum atomic E-state index is 11.2. The second-order valence-corrected chi connectivity index (χ2v) is 2.72. The molecule has 0 aromatic heterocycles. The number of hydrogen-bond donors (Lipinski definition) is 0. The summed E-state index contributed by atoms with van der Waals surface area (Å²) in [6.07, 6.45) is 1.35. The van der Waals surface area contributed by atoms with Crippen LogP contribution in [0.25, 0.3) is 0 Å². The molecular formula is C11H13KO. The van der Waals surface area contributed by atoms with Gasteiger partial charge in [0.15, 0.2) is 5.78 Å². The Hall–Kier alpha value is 0.526. The van der Waals surface area contributed by atoms with Crippen molar-refractivity contribution in [3.63, 3.8) is 0 Å². The summed E-state index contributed by atoms with van der Waals surface area (Å²) in [5.41, 5.74) is 1.97. The Morgan fingerprint density at radius 2 is 1.85 bits per heavy atom. The molecule has 0 bridgehead atoms. The smallest absolute Gasteiger partial charge is 0.339 e. The minimum atomic E-state index is 0. The van der Waals surface area contributed by atoms with E-state index >= 15 is 0 Å². The molecule has 0 radical (unpaired) electrons. The van der Waals surface area contributed by atoms with Gasteiger partial charge in [0.05, 0.1) is 0 Å². The van der Waals surface area contributed by atoms with Crippen LogP contribution in [0, 0.1) is 6.92 Å². The van der Waals surface area contributed by atoms with Crippen LogP contribution in [-0.4, -0.2) is 5.78 Å². The predicted octanol–water partition coefficient (Wildman–Crippen LogP) is -0.340. The van der Waals surface area contributed by atoms with Gasteiger partial charge in [-0.1, -0.05) is 36.8 Å². The molecule has 0 saturated heterocycles. The van der Waals surface area contributed by atoms with Gasteiger partial charge >= 0.3 is 51.4 Å². The minimum Gasteiger partial charge on any atom is -0.339 e. The summed E-state index contributed by atoms with van der Waals surface area (Å²) in [5, 5.41) is 0. The van der Waals surface area contributed by atoms with E-state index in [4.69, 9.17) is 0 Å². The molecule has 1 aromatic rings. The van der Waals surface area contributed by atoms with Crippen molar-refractivity contribution in [2.45, 2.75) is 19.8 Å². The SMILES string of the molecule is [CH2-]Cc1ccc(C(=O)CC)cc1.[K+]. The molecule has 0 atom stereocenters. The van der Waals surface area contributed by atoms with E-state index < -0.39 is 0 Å². The molecule has 0 aliphatic heterocycles. The van der Waals surface area contributed by atoms with Gasteiger partial charge in [-0.3, -0.25) is 4.79 Å². The minimum absolute atomic E-state index is 0. The number of carbonyl (C=O) groups is 1. The van der Waals surface area contributed by atoms with Gasteiger partial charge in [-0.15, -0.1) is 0 Å². The van der Waals surface area contributed by atoms with Crippen LogP contribution >= 0.6 is 0 Å². The number of carbonyl (C=O) groups excluding carboxylic acids is 1. The third kappa shape index (κ3) is 4.04. The quantitative estimate of drug-likeness (QED) is 0.371. The Bertz CT molecular complexity index is 264. The van der Waals surface area contributed by atoms with Gasteiger partial charge in [-0.25, -0.2) is 0 Å². The maximum Gasteiger partial charge on any atom is 1.00 e. The van der Waals surface area contributed by atoms with E-state index in [-0.39, 0.29) is 57.2 Å². The average Bonchev–Trinajstić information content (AvgIpc) is 2.17. The fraction of sp³-hybridized carbons (Fsp3) is 0.273. The van der Waals surface area contributed by atoms with Crippen LogP contribution in [-0.2, 0) is 6.42 Å². The summed E-state index contributed by atoms with van der Waals surface area (Å²) < 4.78 is 0. The molecule has 2 heteroatoms. The van der Waals surface area contributed by atoms with Gasteiger partial charge in [-0.2, -0.15) is 6.42 Å². The van der Waals surface area contributed by atoms with Gasteiger partial charge in [0, 0.05) is 12.0 Å². The van der Waals surface area contributed by atoms with Crippen molar-refractivity contribution in [3.05, 3.63) is 42.3 Å². The Morgan fingerprint density at radius 3 is 2.23 bits per heavy atom. The second kappa shape index (κ2) is 6.90. The van der Waals surface area contributed by atoms with Gasteiger partial charge in [-0.05, 0) is 0 Å². The molecule has 0 N–H and O–H groups in total. The summed E-state index contributed by atoms with van der Waals surface area (Å²) in [4.78, 5) is 11.2. The fourth-order valence-electron chi connectivity index (χ4n) is 1.06. The number of ketones is 1. The molecule has 0 unspecified atom stereocenters. The zero-order valence-electron chi connectivity index (χ0n) is 8.34. The third-order valence-electron chi connectivity index (χ3n) is 1.89. The van der Waals surface area contributed by atoms with Crippen LogP contribution in [0.4, 0.5) is 0 Å². The van der Waals surface area contributed by atoms with Gasteiger partial charge in [0.1, 0.15) is 0 Å². The zero-order chi connectivity index (χ0) is 8.97. The first kappa shape index (κ1) is 13.5. The molecule has 0 fully saturated rings. The normalized spacial score (nSPS) is 9.08. The number of Topliss-reactive ketones (excluding diaryl/α,β-unsaturated/α-hetero) is 1. The van der Waals surface area contributed by atoms with Crippen molar-refractivity contribution in [3.8, 4) is 0 Å². The summed E-state index contributed by atoms with van der Waals surface area (Å²) in [6, 6.07) is 7.64. The van der Waals surface area contributed by atoms with E-state index in [9.17, 15) is 4.79 Å². The molecule has 0 amide bonds. The van der Waals surface area contributed by atoms with Crippen molar-refractivity contribution in [2.75, 3.05) is 0 Å². The molecule has 0 aliphatic rings. The van der Waals surface area contributed by atoms with Gasteiger partial charge in [0.25, 0.3) is 0 Å². The first-order valence-corrected chi connectivity index (χ1v) is 4.19. The van der Waals surface area contributed by atoms with Gasteiger partial charge < -0.3 is 6.92 Å².